The molecular formula is C42H50N10O6. The highest BCUT2D eigenvalue weighted by molar-refractivity contribution is 5.88. The van der Waals surface area contributed by atoms with Crippen LogP contribution in [0, 0.1) is 11.8 Å². The van der Waals surface area contributed by atoms with E-state index in [1.165, 1.54) is 14.2 Å². The number of likely N-dealkylation sites (tertiary alicyclic amines) is 2. The summed E-state index contributed by atoms with van der Waals surface area (Å²) in [6, 6.07) is 10.2. The molecule has 0 radical (unpaired) electrons. The molecule has 4 N–H and O–H groups in total. The van der Waals surface area contributed by atoms with Gasteiger partial charge in [-0.2, -0.15) is 0 Å². The third-order valence-corrected chi connectivity index (χ3v) is 11.0. The number of aromatic nitrogens is 6. The minimum Gasteiger partial charge on any atom is -0.453 e. The summed E-state index contributed by atoms with van der Waals surface area (Å²) in [5, 5.41) is 6.33. The van der Waals surface area contributed by atoms with Crippen LogP contribution in [-0.2, 0) is 19.1 Å². The maximum absolute atomic E-state index is 13.6. The van der Waals surface area contributed by atoms with Crippen molar-refractivity contribution in [1.29, 1.82) is 0 Å². The molecule has 0 spiro atoms. The summed E-state index contributed by atoms with van der Waals surface area (Å²) in [7, 11) is 2.57. The van der Waals surface area contributed by atoms with Crippen molar-refractivity contribution in [2.45, 2.75) is 77.5 Å². The quantitative estimate of drug-likeness (QED) is 0.120. The normalized spacial score (nSPS) is 17.8. The van der Waals surface area contributed by atoms with Crippen LogP contribution in [0.1, 0.15) is 77.1 Å². The van der Waals surface area contributed by atoms with Gasteiger partial charge in [-0.15, -0.1) is 0 Å². The van der Waals surface area contributed by atoms with Crippen LogP contribution >= 0.6 is 0 Å². The lowest BCUT2D eigenvalue weighted by molar-refractivity contribution is -0.136. The second-order valence-corrected chi connectivity index (χ2v) is 15.5. The lowest BCUT2D eigenvalue weighted by Crippen LogP contribution is -2.51. The van der Waals surface area contributed by atoms with Crippen molar-refractivity contribution in [2.24, 2.45) is 11.8 Å². The van der Waals surface area contributed by atoms with Gasteiger partial charge in [0.2, 0.25) is 11.8 Å². The Morgan fingerprint density at radius 2 is 1.19 bits per heavy atom. The average Bonchev–Trinajstić information content (AvgIpc) is 4.07. The molecule has 0 saturated carbocycles. The van der Waals surface area contributed by atoms with Crippen molar-refractivity contribution < 1.29 is 28.7 Å². The number of rotatable bonds is 11. The topological polar surface area (TPSA) is 200 Å². The number of aromatic amines is 2. The van der Waals surface area contributed by atoms with Crippen molar-refractivity contribution >= 4 is 34.9 Å². The Balaban J connectivity index is 1.02. The molecule has 2 aliphatic heterocycles. The highest BCUT2D eigenvalue weighted by Gasteiger charge is 2.39. The van der Waals surface area contributed by atoms with Gasteiger partial charge in [0.25, 0.3) is 0 Å². The molecule has 1 aromatic carbocycles. The predicted molar refractivity (Wildman–Crippen MR) is 216 cm³/mol. The van der Waals surface area contributed by atoms with Gasteiger partial charge in [0.05, 0.1) is 61.3 Å². The molecule has 16 nitrogen and oxygen atoms in total. The number of nitrogens with one attached hydrogen (secondary N) is 4. The molecule has 304 valence electrons. The van der Waals surface area contributed by atoms with Gasteiger partial charge in [-0.25, -0.2) is 19.6 Å². The minimum absolute atomic E-state index is 0.117. The van der Waals surface area contributed by atoms with E-state index in [4.69, 9.17) is 19.4 Å². The largest absolute Gasteiger partial charge is 0.453 e. The van der Waals surface area contributed by atoms with Crippen molar-refractivity contribution in [1.82, 2.24) is 50.3 Å². The zero-order valence-electron chi connectivity index (χ0n) is 33.6. The summed E-state index contributed by atoms with van der Waals surface area (Å²) >= 11 is 0. The Labute approximate surface area is 336 Å². The molecule has 4 aromatic heterocycles. The summed E-state index contributed by atoms with van der Waals surface area (Å²) in [5.41, 5.74) is 5.85. The lowest BCUT2D eigenvalue weighted by atomic mass is 10.0. The van der Waals surface area contributed by atoms with E-state index in [9.17, 15) is 19.2 Å². The monoisotopic (exact) mass is 790 g/mol. The van der Waals surface area contributed by atoms with Crippen molar-refractivity contribution in [3.05, 3.63) is 72.8 Å². The Morgan fingerprint density at radius 1 is 0.655 bits per heavy atom. The molecule has 0 bridgehead atoms. The van der Waals surface area contributed by atoms with Gasteiger partial charge in [-0.05, 0) is 61.3 Å². The number of benzene rings is 1. The highest BCUT2D eigenvalue weighted by Crippen LogP contribution is 2.35. The van der Waals surface area contributed by atoms with Gasteiger partial charge in [0, 0.05) is 42.0 Å². The number of nitrogens with zero attached hydrogens (tertiary/aromatic N) is 6. The molecule has 0 aliphatic carbocycles. The van der Waals surface area contributed by atoms with Gasteiger partial charge in [-0.1, -0.05) is 45.9 Å². The van der Waals surface area contributed by atoms with Gasteiger partial charge in [-0.3, -0.25) is 19.6 Å². The van der Waals surface area contributed by atoms with E-state index in [2.05, 4.69) is 36.6 Å². The fraction of sp³-hybridized carbons (Fsp3) is 0.429. The summed E-state index contributed by atoms with van der Waals surface area (Å²) < 4.78 is 9.51. The molecule has 2 fully saturated rings. The lowest BCUT2D eigenvalue weighted by Gasteiger charge is -2.30. The highest BCUT2D eigenvalue weighted by atomic mass is 16.5. The zero-order valence-corrected chi connectivity index (χ0v) is 33.6. The average molecular weight is 791 g/mol. The number of alkyl carbamates (subject to hydrolysis) is 2. The molecule has 5 aromatic rings. The first-order valence-electron chi connectivity index (χ1n) is 19.7. The van der Waals surface area contributed by atoms with Crippen molar-refractivity contribution in [3.8, 4) is 33.8 Å². The van der Waals surface area contributed by atoms with Gasteiger partial charge >= 0.3 is 12.2 Å². The molecule has 16 heteroatoms. The summed E-state index contributed by atoms with van der Waals surface area (Å²) in [5.74, 6) is 0.826. The third kappa shape index (κ3) is 8.22. The van der Waals surface area contributed by atoms with Gasteiger partial charge in [0.15, 0.2) is 0 Å². The molecule has 2 saturated heterocycles. The van der Waals surface area contributed by atoms with Crippen LogP contribution in [0.5, 0.6) is 0 Å². The van der Waals surface area contributed by atoms with Gasteiger partial charge < -0.3 is 39.9 Å². The standard InChI is InChI=1S/C42H50N10O6/c1-23(2)35(49-41(55)57-5)39(53)51-15-7-9-33(51)37-45-21-31(47-37)28-17-26-12-11-25(18-30(26)44-20-28)27-13-14-29(43-19-27)32-22-46-38(48-32)34-10-8-16-52(34)40(54)36(24(3)4)50-42(56)58-6/h11-14,17-24,33-36H,7-10,15-16H2,1-6H3,(H,45,47)(H,46,48)(H,49,55)(H,50,56). The third-order valence-electron chi connectivity index (χ3n) is 11.0. The number of pyridine rings is 2. The van der Waals surface area contributed by atoms with E-state index >= 15 is 0 Å². The number of carbonyl (C=O) groups excluding carboxylic acids is 4. The van der Waals surface area contributed by atoms with Crippen LogP contribution in [0.2, 0.25) is 0 Å². The number of hydrogen-bond acceptors (Lipinski definition) is 10. The molecule has 58 heavy (non-hydrogen) atoms. The van der Waals surface area contributed by atoms with E-state index < -0.39 is 24.3 Å². The first-order chi connectivity index (χ1) is 27.9. The Kier molecular flexibility index (Phi) is 11.7. The Morgan fingerprint density at radius 3 is 1.72 bits per heavy atom. The smallest absolute Gasteiger partial charge is 0.407 e. The molecule has 2 aliphatic rings. The van der Waals surface area contributed by atoms with E-state index in [0.717, 1.165) is 70.4 Å². The zero-order chi connectivity index (χ0) is 41.1. The van der Waals surface area contributed by atoms with Crippen LogP contribution in [0.15, 0.2) is 61.2 Å². The maximum Gasteiger partial charge on any atom is 0.407 e. The molecule has 7 rings (SSSR count). The van der Waals surface area contributed by atoms with Crippen LogP contribution in [-0.4, -0.2) is 103 Å². The SMILES string of the molecule is COC(=O)NC(C(=O)N1CCCC1c1ncc(-c2cnc3cc(-c4ccc(-c5cnc(C6CCCN6C(=O)C(NC(=O)OC)C(C)C)[nH]5)nc4)ccc3c2)[nH]1)C(C)C. The predicted octanol–water partition coefficient (Wildman–Crippen LogP) is 6.17. The molecule has 4 amide bonds. The first kappa shape index (κ1) is 39.9. The summed E-state index contributed by atoms with van der Waals surface area (Å²) in [6.07, 6.45) is 9.05. The summed E-state index contributed by atoms with van der Waals surface area (Å²) in [6.45, 7) is 8.72. The van der Waals surface area contributed by atoms with E-state index in [1.54, 1.807) is 22.2 Å². The summed E-state index contributed by atoms with van der Waals surface area (Å²) in [4.78, 5) is 80.2. The fourth-order valence-corrected chi connectivity index (χ4v) is 7.85. The van der Waals surface area contributed by atoms with Gasteiger partial charge in [0.1, 0.15) is 23.7 Å². The van der Waals surface area contributed by atoms with Crippen LogP contribution in [0.3, 0.4) is 0 Å². The fourth-order valence-electron chi connectivity index (χ4n) is 7.85. The van der Waals surface area contributed by atoms with E-state index in [0.29, 0.717) is 24.7 Å². The number of ether oxygens (including phenoxy) is 2. The second kappa shape index (κ2) is 17.0. The number of methoxy groups -OCH3 is 2. The number of H-pyrrole nitrogens is 2. The number of hydrogen-bond donors (Lipinski definition) is 4. The number of fused-ring (bicyclic) bond motifs is 1. The first-order valence-corrected chi connectivity index (χ1v) is 19.7. The molecule has 6 heterocycles. The molecule has 4 atom stereocenters. The van der Waals surface area contributed by atoms with Crippen molar-refractivity contribution in [3.63, 3.8) is 0 Å². The second-order valence-electron chi connectivity index (χ2n) is 15.5. The van der Waals surface area contributed by atoms with Crippen LogP contribution in [0.4, 0.5) is 9.59 Å². The maximum atomic E-state index is 13.6. The Hall–Kier alpha value is -6.32. The minimum atomic E-state index is -0.704. The molecule has 4 unspecified atom stereocenters. The Bertz CT molecular complexity index is 2290. The number of carbonyl (C=O) groups is 4. The van der Waals surface area contributed by atoms with Crippen LogP contribution < -0.4 is 10.6 Å². The molecular weight excluding hydrogens is 741 g/mol. The van der Waals surface area contributed by atoms with Crippen LogP contribution in [0.25, 0.3) is 44.7 Å². The van der Waals surface area contributed by atoms with Crippen molar-refractivity contribution in [2.75, 3.05) is 27.3 Å². The number of imidazole rings is 2. The van der Waals surface area contributed by atoms with E-state index in [-0.39, 0.29) is 35.7 Å². The number of amides is 4. The van der Waals surface area contributed by atoms with E-state index in [1.807, 2.05) is 70.4 Å².